The normalized spacial score (nSPS) is 11.9. The maximum atomic E-state index is 11.7. The van der Waals surface area contributed by atoms with Gasteiger partial charge in [0.2, 0.25) is 0 Å². The lowest BCUT2D eigenvalue weighted by Crippen LogP contribution is -2.17. The number of esters is 1. The van der Waals surface area contributed by atoms with Crippen LogP contribution < -0.4 is 5.32 Å². The Morgan fingerprint density at radius 3 is 2.78 bits per heavy atom. The minimum absolute atomic E-state index is 0.292. The van der Waals surface area contributed by atoms with E-state index in [4.69, 9.17) is 9.47 Å². The Hall–Kier alpha value is -1.55. The van der Waals surface area contributed by atoms with Gasteiger partial charge in [-0.15, -0.1) is 0 Å². The van der Waals surface area contributed by atoms with E-state index in [0.717, 1.165) is 12.2 Å². The van der Waals surface area contributed by atoms with E-state index in [1.54, 1.807) is 20.1 Å². The SMILES string of the molecule is CCOC(=O)c1ccccc1NCC(C)COC. The van der Waals surface area contributed by atoms with E-state index in [9.17, 15) is 4.79 Å². The molecule has 0 saturated carbocycles. The molecule has 4 nitrogen and oxygen atoms in total. The molecule has 0 spiro atoms. The van der Waals surface area contributed by atoms with Crippen LogP contribution in [0.1, 0.15) is 24.2 Å². The number of hydrogen-bond donors (Lipinski definition) is 1. The van der Waals surface area contributed by atoms with Crippen LogP contribution in [0.15, 0.2) is 24.3 Å². The molecule has 18 heavy (non-hydrogen) atoms. The second kappa shape index (κ2) is 7.71. The van der Waals surface area contributed by atoms with Crippen LogP contribution in [0.3, 0.4) is 0 Å². The first kappa shape index (κ1) is 14.5. The maximum absolute atomic E-state index is 11.7. The number of para-hydroxylation sites is 1. The Morgan fingerprint density at radius 1 is 1.39 bits per heavy atom. The van der Waals surface area contributed by atoms with Gasteiger partial charge in [-0.05, 0) is 25.0 Å². The molecule has 0 aliphatic heterocycles. The summed E-state index contributed by atoms with van der Waals surface area (Å²) in [5, 5.41) is 3.26. The molecular weight excluding hydrogens is 230 g/mol. The van der Waals surface area contributed by atoms with E-state index >= 15 is 0 Å². The molecule has 1 aromatic carbocycles. The lowest BCUT2D eigenvalue weighted by Gasteiger charge is -2.14. The molecule has 0 heterocycles. The topological polar surface area (TPSA) is 47.6 Å². The van der Waals surface area contributed by atoms with E-state index in [1.807, 2.05) is 18.2 Å². The second-order valence-electron chi connectivity index (χ2n) is 4.21. The van der Waals surface area contributed by atoms with E-state index in [0.29, 0.717) is 24.7 Å². The Balaban J connectivity index is 2.67. The molecule has 0 aliphatic rings. The molecule has 1 N–H and O–H groups in total. The van der Waals surface area contributed by atoms with Crippen molar-refractivity contribution in [1.82, 2.24) is 0 Å². The van der Waals surface area contributed by atoms with Crippen LogP contribution in [-0.4, -0.2) is 32.8 Å². The minimum Gasteiger partial charge on any atom is -0.462 e. The summed E-state index contributed by atoms with van der Waals surface area (Å²) in [6, 6.07) is 7.37. The molecule has 0 saturated heterocycles. The van der Waals surface area contributed by atoms with Gasteiger partial charge in [0.05, 0.1) is 18.8 Å². The van der Waals surface area contributed by atoms with Crippen LogP contribution in [-0.2, 0) is 9.47 Å². The van der Waals surface area contributed by atoms with Crippen LogP contribution in [0.4, 0.5) is 5.69 Å². The highest BCUT2D eigenvalue weighted by molar-refractivity contribution is 5.95. The summed E-state index contributed by atoms with van der Waals surface area (Å²) in [5.74, 6) is 0.0882. The molecule has 1 rings (SSSR count). The maximum Gasteiger partial charge on any atom is 0.340 e. The predicted octanol–water partition coefficient (Wildman–Crippen LogP) is 2.56. The summed E-state index contributed by atoms with van der Waals surface area (Å²) in [4.78, 5) is 11.7. The van der Waals surface area contributed by atoms with Crippen molar-refractivity contribution in [3.8, 4) is 0 Å². The van der Waals surface area contributed by atoms with Crippen molar-refractivity contribution in [2.24, 2.45) is 5.92 Å². The molecule has 0 bridgehead atoms. The summed E-state index contributed by atoms with van der Waals surface area (Å²) in [7, 11) is 1.68. The lowest BCUT2D eigenvalue weighted by atomic mass is 10.1. The van der Waals surface area contributed by atoms with Gasteiger partial charge in [0.15, 0.2) is 0 Å². The van der Waals surface area contributed by atoms with Gasteiger partial charge in [0.1, 0.15) is 0 Å². The molecule has 0 aromatic heterocycles. The summed E-state index contributed by atoms with van der Waals surface area (Å²) in [6.07, 6.45) is 0. The van der Waals surface area contributed by atoms with Crippen molar-refractivity contribution in [3.63, 3.8) is 0 Å². The van der Waals surface area contributed by atoms with Crippen LogP contribution in [0, 0.1) is 5.92 Å². The zero-order valence-electron chi connectivity index (χ0n) is 11.2. The molecule has 0 amide bonds. The molecule has 4 heteroatoms. The van der Waals surface area contributed by atoms with E-state index in [-0.39, 0.29) is 5.97 Å². The van der Waals surface area contributed by atoms with Gasteiger partial charge in [-0.25, -0.2) is 4.79 Å². The van der Waals surface area contributed by atoms with E-state index < -0.39 is 0 Å². The molecule has 1 atom stereocenters. The zero-order chi connectivity index (χ0) is 13.4. The number of methoxy groups -OCH3 is 1. The molecule has 0 aliphatic carbocycles. The molecule has 100 valence electrons. The number of anilines is 1. The van der Waals surface area contributed by atoms with Gasteiger partial charge in [0.25, 0.3) is 0 Å². The summed E-state index contributed by atoms with van der Waals surface area (Å²) < 4.78 is 10.1. The van der Waals surface area contributed by atoms with Crippen molar-refractivity contribution in [1.29, 1.82) is 0 Å². The first-order chi connectivity index (χ1) is 8.69. The van der Waals surface area contributed by atoms with Gasteiger partial charge in [-0.1, -0.05) is 19.1 Å². The lowest BCUT2D eigenvalue weighted by molar-refractivity contribution is 0.0527. The third kappa shape index (κ3) is 4.37. The van der Waals surface area contributed by atoms with Gasteiger partial charge >= 0.3 is 5.97 Å². The Kier molecular flexibility index (Phi) is 6.22. The number of benzene rings is 1. The van der Waals surface area contributed by atoms with Crippen molar-refractivity contribution in [3.05, 3.63) is 29.8 Å². The first-order valence-electron chi connectivity index (χ1n) is 6.18. The van der Waals surface area contributed by atoms with Gasteiger partial charge < -0.3 is 14.8 Å². The number of carbonyl (C=O) groups is 1. The standard InChI is InChI=1S/C14H21NO3/c1-4-18-14(16)12-7-5-6-8-13(12)15-9-11(2)10-17-3/h5-8,11,15H,4,9-10H2,1-3H3. The van der Waals surface area contributed by atoms with Crippen LogP contribution in [0.5, 0.6) is 0 Å². The summed E-state index contributed by atoms with van der Waals surface area (Å²) >= 11 is 0. The molecule has 0 fully saturated rings. The van der Waals surface area contributed by atoms with Crippen LogP contribution >= 0.6 is 0 Å². The summed E-state index contributed by atoms with van der Waals surface area (Å²) in [6.45, 7) is 5.71. The van der Waals surface area contributed by atoms with E-state index in [1.165, 1.54) is 0 Å². The largest absolute Gasteiger partial charge is 0.462 e. The second-order valence-corrected chi connectivity index (χ2v) is 4.21. The molecule has 1 unspecified atom stereocenters. The third-order valence-electron chi connectivity index (χ3n) is 2.51. The zero-order valence-corrected chi connectivity index (χ0v) is 11.2. The third-order valence-corrected chi connectivity index (χ3v) is 2.51. The van der Waals surface area contributed by atoms with Crippen LogP contribution in [0.25, 0.3) is 0 Å². The van der Waals surface area contributed by atoms with Crippen molar-refractivity contribution >= 4 is 11.7 Å². The highest BCUT2D eigenvalue weighted by Crippen LogP contribution is 2.16. The molecular formula is C14H21NO3. The highest BCUT2D eigenvalue weighted by Gasteiger charge is 2.12. The number of nitrogens with one attached hydrogen (secondary N) is 1. The number of ether oxygens (including phenoxy) is 2. The molecule has 1 aromatic rings. The molecule has 0 radical (unpaired) electrons. The fourth-order valence-corrected chi connectivity index (χ4v) is 1.65. The fraction of sp³-hybridized carbons (Fsp3) is 0.500. The quantitative estimate of drug-likeness (QED) is 0.757. The van der Waals surface area contributed by atoms with Gasteiger partial charge in [-0.2, -0.15) is 0 Å². The predicted molar refractivity (Wildman–Crippen MR) is 71.9 cm³/mol. The van der Waals surface area contributed by atoms with Crippen molar-refractivity contribution in [2.75, 3.05) is 32.2 Å². The summed E-state index contributed by atoms with van der Waals surface area (Å²) in [5.41, 5.74) is 1.38. The number of carbonyl (C=O) groups excluding carboxylic acids is 1. The van der Waals surface area contributed by atoms with E-state index in [2.05, 4.69) is 12.2 Å². The van der Waals surface area contributed by atoms with Crippen molar-refractivity contribution < 1.29 is 14.3 Å². The average Bonchev–Trinajstić information content (AvgIpc) is 2.37. The fourth-order valence-electron chi connectivity index (χ4n) is 1.65. The average molecular weight is 251 g/mol. The number of hydrogen-bond acceptors (Lipinski definition) is 4. The van der Waals surface area contributed by atoms with Crippen LogP contribution in [0.2, 0.25) is 0 Å². The number of rotatable bonds is 7. The smallest absolute Gasteiger partial charge is 0.340 e. The Morgan fingerprint density at radius 2 is 2.11 bits per heavy atom. The minimum atomic E-state index is -0.292. The van der Waals surface area contributed by atoms with Crippen molar-refractivity contribution in [2.45, 2.75) is 13.8 Å². The Labute approximate surface area is 108 Å². The Bertz CT molecular complexity index is 379. The van der Waals surface area contributed by atoms with Gasteiger partial charge in [-0.3, -0.25) is 0 Å². The first-order valence-corrected chi connectivity index (χ1v) is 6.18. The highest BCUT2D eigenvalue weighted by atomic mass is 16.5. The monoisotopic (exact) mass is 251 g/mol. The van der Waals surface area contributed by atoms with Gasteiger partial charge in [0, 0.05) is 19.3 Å².